The Bertz CT molecular complexity index is 287. The van der Waals surface area contributed by atoms with Gasteiger partial charge in [-0.2, -0.15) is 0 Å². The second kappa shape index (κ2) is 14.1. The Morgan fingerprint density at radius 2 is 1.39 bits per heavy atom. The summed E-state index contributed by atoms with van der Waals surface area (Å²) in [5.41, 5.74) is 0. The van der Waals surface area contributed by atoms with Crippen molar-refractivity contribution < 1.29 is 42.5 Å². The van der Waals surface area contributed by atoms with Crippen LogP contribution >= 0.6 is 0 Å². The van der Waals surface area contributed by atoms with E-state index in [9.17, 15) is 13.0 Å². The number of unbranched alkanes of at least 4 members (excludes halogenated alkanes) is 8. The summed E-state index contributed by atoms with van der Waals surface area (Å²) in [5, 5.41) is 0. The summed E-state index contributed by atoms with van der Waals surface area (Å²) < 4.78 is 30.9. The van der Waals surface area contributed by atoms with Gasteiger partial charge in [0.1, 0.15) is 0 Å². The molecule has 0 atom stereocenters. The maximum atomic E-state index is 10.3. The van der Waals surface area contributed by atoms with Gasteiger partial charge in [-0.25, -0.2) is 8.42 Å². The first-order valence-corrected chi connectivity index (χ1v) is 8.22. The molecule has 0 saturated heterocycles. The summed E-state index contributed by atoms with van der Waals surface area (Å²) in [6, 6.07) is 0. The van der Waals surface area contributed by atoms with Crippen LogP contribution in [0.4, 0.5) is 0 Å². The van der Waals surface area contributed by atoms with Crippen LogP contribution in [0.15, 0.2) is 12.2 Å². The Kier molecular flexibility index (Phi) is 16.4. The number of allylic oxidation sites excluding steroid dienone is 1. The average molecular weight is 284 g/mol. The molecule has 0 bridgehead atoms. The minimum Gasteiger partial charge on any atom is -0.748 e. The zero-order chi connectivity index (χ0) is 13.0. The molecule has 3 nitrogen and oxygen atoms in total. The molecule has 0 aliphatic rings. The molecular formula is C13H25NaO3S. The molecule has 0 aromatic rings. The van der Waals surface area contributed by atoms with Crippen molar-refractivity contribution in [3.63, 3.8) is 0 Å². The van der Waals surface area contributed by atoms with Crippen molar-refractivity contribution in [2.75, 3.05) is 5.75 Å². The van der Waals surface area contributed by atoms with E-state index in [2.05, 4.69) is 6.92 Å². The molecular weight excluding hydrogens is 259 g/mol. The van der Waals surface area contributed by atoms with E-state index in [1.807, 2.05) is 0 Å². The predicted octanol–water partition coefficient (Wildman–Crippen LogP) is 0.623. The van der Waals surface area contributed by atoms with Crippen LogP contribution in [0, 0.1) is 0 Å². The van der Waals surface area contributed by atoms with Gasteiger partial charge in [0.2, 0.25) is 0 Å². The molecule has 0 aromatic heterocycles. The Morgan fingerprint density at radius 3 is 1.89 bits per heavy atom. The number of hydrogen-bond acceptors (Lipinski definition) is 3. The van der Waals surface area contributed by atoms with Crippen LogP contribution in [-0.2, 0) is 10.1 Å². The Morgan fingerprint density at radius 1 is 0.889 bits per heavy atom. The van der Waals surface area contributed by atoms with Crippen LogP contribution in [0.1, 0.15) is 64.7 Å². The molecule has 0 fully saturated rings. The first kappa shape index (κ1) is 21.0. The average Bonchev–Trinajstić information content (AvgIpc) is 2.24. The van der Waals surface area contributed by atoms with Gasteiger partial charge in [-0.1, -0.05) is 64.0 Å². The van der Waals surface area contributed by atoms with E-state index in [0.717, 1.165) is 12.8 Å². The summed E-state index contributed by atoms with van der Waals surface area (Å²) in [5.74, 6) is -0.371. The largest absolute Gasteiger partial charge is 1.00 e. The second-order valence-electron chi connectivity index (χ2n) is 4.46. The number of rotatable bonds is 11. The minimum atomic E-state index is -4.07. The molecule has 0 heterocycles. The molecule has 18 heavy (non-hydrogen) atoms. The maximum absolute atomic E-state index is 10.3. The molecule has 0 aliphatic carbocycles. The smallest absolute Gasteiger partial charge is 0.748 e. The normalized spacial score (nSPS) is 11.7. The molecule has 0 amide bonds. The van der Waals surface area contributed by atoms with Crippen LogP contribution in [0.25, 0.3) is 0 Å². The molecule has 0 N–H and O–H groups in total. The minimum absolute atomic E-state index is 0. The molecule has 0 spiro atoms. The summed E-state index contributed by atoms with van der Waals surface area (Å²) in [4.78, 5) is 0. The Labute approximate surface area is 134 Å². The van der Waals surface area contributed by atoms with Gasteiger partial charge in [-0.15, -0.1) is 0 Å². The van der Waals surface area contributed by atoms with E-state index in [4.69, 9.17) is 0 Å². The summed E-state index contributed by atoms with van der Waals surface area (Å²) in [6.07, 6.45) is 14.3. The van der Waals surface area contributed by atoms with Gasteiger partial charge < -0.3 is 4.55 Å². The third kappa shape index (κ3) is 19.0. The van der Waals surface area contributed by atoms with Gasteiger partial charge in [0.05, 0.1) is 15.9 Å². The fourth-order valence-electron chi connectivity index (χ4n) is 1.70. The van der Waals surface area contributed by atoms with Gasteiger partial charge in [0, 0.05) is 0 Å². The van der Waals surface area contributed by atoms with Crippen molar-refractivity contribution in [3.05, 3.63) is 12.2 Å². The standard InChI is InChI=1S/C13H26O3S.Na/c1-2-3-4-5-6-7-8-9-10-11-12-13-17(14,15)16;/h11-12H,2-10,13H2,1H3,(H,14,15,16);/q;+1/p-1/b12-11+;. The van der Waals surface area contributed by atoms with Crippen LogP contribution in [0.3, 0.4) is 0 Å². The third-order valence-corrected chi connectivity index (χ3v) is 3.29. The predicted molar refractivity (Wildman–Crippen MR) is 70.9 cm³/mol. The topological polar surface area (TPSA) is 57.2 Å². The fraction of sp³-hybridized carbons (Fsp3) is 0.846. The molecule has 102 valence electrons. The van der Waals surface area contributed by atoms with Crippen molar-refractivity contribution in [1.29, 1.82) is 0 Å². The van der Waals surface area contributed by atoms with E-state index in [-0.39, 0.29) is 35.3 Å². The van der Waals surface area contributed by atoms with Crippen LogP contribution < -0.4 is 29.6 Å². The molecule has 0 rings (SSSR count). The Hall–Kier alpha value is 0.650. The van der Waals surface area contributed by atoms with Gasteiger partial charge in [-0.3, -0.25) is 0 Å². The van der Waals surface area contributed by atoms with Gasteiger partial charge in [-0.05, 0) is 12.8 Å². The van der Waals surface area contributed by atoms with Crippen molar-refractivity contribution in [2.45, 2.75) is 64.7 Å². The monoisotopic (exact) mass is 284 g/mol. The van der Waals surface area contributed by atoms with E-state index in [1.54, 1.807) is 6.08 Å². The fourth-order valence-corrected chi connectivity index (χ4v) is 2.07. The van der Waals surface area contributed by atoms with Crippen LogP contribution in [0.5, 0.6) is 0 Å². The summed E-state index contributed by atoms with van der Waals surface area (Å²) in [7, 11) is -4.07. The molecule has 5 heteroatoms. The molecule has 0 unspecified atom stereocenters. The van der Waals surface area contributed by atoms with Crippen LogP contribution in [-0.4, -0.2) is 18.7 Å². The van der Waals surface area contributed by atoms with E-state index < -0.39 is 10.1 Å². The van der Waals surface area contributed by atoms with E-state index >= 15 is 0 Å². The SMILES string of the molecule is CCCCCCCCCC/C=C/CS(=O)(=O)[O-].[Na+]. The van der Waals surface area contributed by atoms with Crippen molar-refractivity contribution >= 4 is 10.1 Å². The van der Waals surface area contributed by atoms with Gasteiger partial charge in [0.25, 0.3) is 0 Å². The van der Waals surface area contributed by atoms with Crippen molar-refractivity contribution in [2.24, 2.45) is 0 Å². The van der Waals surface area contributed by atoms with Crippen LogP contribution in [0.2, 0.25) is 0 Å². The molecule has 0 radical (unpaired) electrons. The zero-order valence-corrected chi connectivity index (χ0v) is 14.7. The first-order valence-electron chi connectivity index (χ1n) is 6.65. The third-order valence-electron chi connectivity index (χ3n) is 2.69. The quantitative estimate of drug-likeness (QED) is 0.242. The van der Waals surface area contributed by atoms with Gasteiger partial charge in [0.15, 0.2) is 0 Å². The molecule has 0 aromatic carbocycles. The van der Waals surface area contributed by atoms with Gasteiger partial charge >= 0.3 is 29.6 Å². The molecule has 0 saturated carbocycles. The summed E-state index contributed by atoms with van der Waals surface area (Å²) >= 11 is 0. The van der Waals surface area contributed by atoms with E-state index in [1.165, 1.54) is 51.0 Å². The second-order valence-corrected chi connectivity index (χ2v) is 5.91. The zero-order valence-electron chi connectivity index (χ0n) is 11.9. The summed E-state index contributed by atoms with van der Waals surface area (Å²) in [6.45, 7) is 2.22. The van der Waals surface area contributed by atoms with Crippen molar-refractivity contribution in [1.82, 2.24) is 0 Å². The first-order chi connectivity index (χ1) is 8.06. The molecule has 0 aliphatic heterocycles. The number of hydrogen-bond donors (Lipinski definition) is 0. The Balaban J connectivity index is 0. The maximum Gasteiger partial charge on any atom is 1.00 e. The van der Waals surface area contributed by atoms with Crippen molar-refractivity contribution in [3.8, 4) is 0 Å². The van der Waals surface area contributed by atoms with E-state index in [0.29, 0.717) is 0 Å².